The SMILES string of the molecule is O=C(CNC(=O)C12CC3CC(CC(C3)C1)C2)Nc1cccc(-c2ccc(=O)[nH]n2)c1. The van der Waals surface area contributed by atoms with Crippen LogP contribution in [-0.4, -0.2) is 28.6 Å². The van der Waals surface area contributed by atoms with Crippen LogP contribution >= 0.6 is 0 Å². The van der Waals surface area contributed by atoms with Crippen LogP contribution in [0.5, 0.6) is 0 Å². The van der Waals surface area contributed by atoms with Crippen LogP contribution in [0.1, 0.15) is 38.5 Å². The van der Waals surface area contributed by atoms with Gasteiger partial charge in [-0.25, -0.2) is 5.10 Å². The van der Waals surface area contributed by atoms with Gasteiger partial charge in [-0.2, -0.15) is 5.10 Å². The summed E-state index contributed by atoms with van der Waals surface area (Å²) in [6.07, 6.45) is 6.82. The van der Waals surface area contributed by atoms with E-state index in [-0.39, 0.29) is 29.3 Å². The molecule has 0 atom stereocenters. The minimum atomic E-state index is -0.266. The lowest BCUT2D eigenvalue weighted by Crippen LogP contribution is -2.54. The Morgan fingerprint density at radius 1 is 1.03 bits per heavy atom. The van der Waals surface area contributed by atoms with Crippen LogP contribution in [0.25, 0.3) is 11.3 Å². The van der Waals surface area contributed by atoms with Crippen LogP contribution in [-0.2, 0) is 9.59 Å². The highest BCUT2D eigenvalue weighted by molar-refractivity contribution is 5.95. The molecule has 2 amide bonds. The van der Waals surface area contributed by atoms with Crippen LogP contribution in [0.2, 0.25) is 0 Å². The minimum absolute atomic E-state index is 0.0261. The van der Waals surface area contributed by atoms with Crippen LogP contribution in [0.15, 0.2) is 41.2 Å². The minimum Gasteiger partial charge on any atom is -0.347 e. The zero-order chi connectivity index (χ0) is 20.7. The number of hydrogen-bond donors (Lipinski definition) is 3. The van der Waals surface area contributed by atoms with E-state index < -0.39 is 0 Å². The van der Waals surface area contributed by atoms with Gasteiger partial charge in [-0.3, -0.25) is 14.4 Å². The molecule has 6 rings (SSSR count). The Morgan fingerprint density at radius 3 is 2.37 bits per heavy atom. The molecule has 1 aromatic carbocycles. The Hall–Kier alpha value is -2.96. The van der Waals surface area contributed by atoms with Gasteiger partial charge in [-0.15, -0.1) is 0 Å². The van der Waals surface area contributed by atoms with Crippen molar-refractivity contribution in [3.8, 4) is 11.3 Å². The fourth-order valence-corrected chi connectivity index (χ4v) is 6.20. The molecule has 0 unspecified atom stereocenters. The normalized spacial score (nSPS) is 28.9. The van der Waals surface area contributed by atoms with Gasteiger partial charge in [0.05, 0.1) is 12.2 Å². The molecule has 3 N–H and O–H groups in total. The van der Waals surface area contributed by atoms with Gasteiger partial charge >= 0.3 is 0 Å². The van der Waals surface area contributed by atoms with Gasteiger partial charge in [0, 0.05) is 22.7 Å². The fourth-order valence-electron chi connectivity index (χ4n) is 6.20. The summed E-state index contributed by atoms with van der Waals surface area (Å²) >= 11 is 0. The summed E-state index contributed by atoms with van der Waals surface area (Å²) in [6, 6.07) is 10.3. The molecule has 0 radical (unpaired) electrons. The lowest BCUT2D eigenvalue weighted by Gasteiger charge is -2.55. The Bertz CT molecular complexity index is 989. The van der Waals surface area contributed by atoms with Crippen LogP contribution < -0.4 is 16.2 Å². The summed E-state index contributed by atoms with van der Waals surface area (Å²) in [5.74, 6) is 1.89. The third kappa shape index (κ3) is 3.64. The molecule has 30 heavy (non-hydrogen) atoms. The summed E-state index contributed by atoms with van der Waals surface area (Å²) in [4.78, 5) is 36.6. The molecule has 4 aliphatic rings. The van der Waals surface area contributed by atoms with Crippen LogP contribution in [0.3, 0.4) is 0 Å². The smallest absolute Gasteiger partial charge is 0.264 e. The van der Waals surface area contributed by atoms with E-state index in [9.17, 15) is 14.4 Å². The third-order valence-electron chi connectivity index (χ3n) is 7.05. The average Bonchev–Trinajstić information content (AvgIpc) is 2.72. The van der Waals surface area contributed by atoms with E-state index in [1.54, 1.807) is 18.2 Å². The lowest BCUT2D eigenvalue weighted by molar-refractivity contribution is -0.146. The van der Waals surface area contributed by atoms with Crippen molar-refractivity contribution in [3.63, 3.8) is 0 Å². The Kier molecular flexibility index (Phi) is 4.68. The molecule has 0 aliphatic heterocycles. The van der Waals surface area contributed by atoms with E-state index in [1.165, 1.54) is 25.3 Å². The highest BCUT2D eigenvalue weighted by Gasteiger charge is 2.54. The maximum absolute atomic E-state index is 13.0. The molecular weight excluding hydrogens is 380 g/mol. The first-order chi connectivity index (χ1) is 14.5. The quantitative estimate of drug-likeness (QED) is 0.710. The van der Waals surface area contributed by atoms with Crippen molar-refractivity contribution in [1.82, 2.24) is 15.5 Å². The molecule has 4 saturated carbocycles. The molecule has 4 fully saturated rings. The number of nitrogens with zero attached hydrogens (tertiary/aromatic N) is 1. The number of carbonyl (C=O) groups is 2. The first-order valence-electron chi connectivity index (χ1n) is 10.7. The first kappa shape index (κ1) is 19.0. The summed E-state index contributed by atoms with van der Waals surface area (Å²) < 4.78 is 0. The van der Waals surface area contributed by atoms with E-state index in [1.807, 2.05) is 12.1 Å². The number of carbonyl (C=O) groups excluding carboxylic acids is 2. The van der Waals surface area contributed by atoms with Crippen molar-refractivity contribution < 1.29 is 9.59 Å². The molecule has 1 heterocycles. The number of H-pyrrole nitrogens is 1. The number of hydrogen-bond acceptors (Lipinski definition) is 4. The molecule has 1 aromatic heterocycles. The number of amides is 2. The largest absolute Gasteiger partial charge is 0.347 e. The predicted octanol–water partition coefficient (Wildman–Crippen LogP) is 2.71. The van der Waals surface area contributed by atoms with Crippen molar-refractivity contribution in [2.24, 2.45) is 23.2 Å². The average molecular weight is 406 g/mol. The molecule has 4 bridgehead atoms. The number of anilines is 1. The summed E-state index contributed by atoms with van der Waals surface area (Å²) in [7, 11) is 0. The molecular formula is C23H26N4O3. The van der Waals surface area contributed by atoms with Crippen LogP contribution in [0, 0.1) is 23.2 Å². The monoisotopic (exact) mass is 406 g/mol. The molecule has 0 saturated heterocycles. The summed E-state index contributed by atoms with van der Waals surface area (Å²) in [6.45, 7) is -0.0261. The number of rotatable bonds is 5. The zero-order valence-electron chi connectivity index (χ0n) is 16.8. The van der Waals surface area contributed by atoms with Gasteiger partial charge in [0.2, 0.25) is 11.8 Å². The van der Waals surface area contributed by atoms with Crippen LogP contribution in [0.4, 0.5) is 5.69 Å². The number of benzene rings is 1. The van der Waals surface area contributed by atoms with Gasteiger partial charge in [0.15, 0.2) is 0 Å². The van der Waals surface area contributed by atoms with Gasteiger partial charge < -0.3 is 10.6 Å². The number of nitrogens with one attached hydrogen (secondary N) is 3. The Balaban J connectivity index is 1.20. The second kappa shape index (κ2) is 7.38. The zero-order valence-corrected chi connectivity index (χ0v) is 16.8. The second-order valence-corrected chi connectivity index (χ2v) is 9.32. The summed E-state index contributed by atoms with van der Waals surface area (Å²) in [5.41, 5.74) is 1.50. The second-order valence-electron chi connectivity index (χ2n) is 9.32. The molecule has 156 valence electrons. The van der Waals surface area contributed by atoms with Gasteiger partial charge in [0.1, 0.15) is 0 Å². The maximum Gasteiger partial charge on any atom is 0.264 e. The maximum atomic E-state index is 13.0. The lowest BCUT2D eigenvalue weighted by atomic mass is 9.49. The standard InChI is InChI=1S/C23H26N4O3/c28-20-5-4-19(26-27-20)17-2-1-3-18(9-17)25-21(29)13-24-22(30)23-10-14-6-15(11-23)8-16(7-14)12-23/h1-5,9,14-16H,6-8,10-13H2,(H,24,30)(H,25,29)(H,27,28). The number of aromatic nitrogens is 2. The molecule has 7 nitrogen and oxygen atoms in total. The fraction of sp³-hybridized carbons (Fsp3) is 0.478. The highest BCUT2D eigenvalue weighted by Crippen LogP contribution is 2.60. The van der Waals surface area contributed by atoms with E-state index in [2.05, 4.69) is 20.8 Å². The van der Waals surface area contributed by atoms with E-state index in [0.717, 1.165) is 24.8 Å². The number of aromatic amines is 1. The highest BCUT2D eigenvalue weighted by atomic mass is 16.2. The van der Waals surface area contributed by atoms with E-state index >= 15 is 0 Å². The first-order valence-corrected chi connectivity index (χ1v) is 10.7. The molecule has 4 aliphatic carbocycles. The van der Waals surface area contributed by atoms with Gasteiger partial charge in [0.25, 0.3) is 5.56 Å². The van der Waals surface area contributed by atoms with E-state index in [4.69, 9.17) is 0 Å². The summed E-state index contributed by atoms with van der Waals surface area (Å²) in [5, 5.41) is 12.2. The van der Waals surface area contributed by atoms with Gasteiger partial charge in [-0.1, -0.05) is 12.1 Å². The predicted molar refractivity (Wildman–Crippen MR) is 113 cm³/mol. The van der Waals surface area contributed by atoms with E-state index in [0.29, 0.717) is 29.1 Å². The van der Waals surface area contributed by atoms with Crippen molar-refractivity contribution >= 4 is 17.5 Å². The van der Waals surface area contributed by atoms with Crippen molar-refractivity contribution in [2.75, 3.05) is 11.9 Å². The van der Waals surface area contributed by atoms with Crippen molar-refractivity contribution in [2.45, 2.75) is 38.5 Å². The molecule has 7 heteroatoms. The molecule has 2 aromatic rings. The molecule has 0 spiro atoms. The topological polar surface area (TPSA) is 104 Å². The third-order valence-corrected chi connectivity index (χ3v) is 7.05. The Labute approximate surface area is 174 Å². The van der Waals surface area contributed by atoms with Gasteiger partial charge in [-0.05, 0) is 74.5 Å². The Morgan fingerprint density at radius 2 is 1.73 bits per heavy atom. The van der Waals surface area contributed by atoms with Crippen molar-refractivity contribution in [1.29, 1.82) is 0 Å². The van der Waals surface area contributed by atoms with Crippen molar-refractivity contribution in [3.05, 3.63) is 46.8 Å².